The average molecular weight is 315 g/mol. The second-order valence-corrected chi connectivity index (χ2v) is 5.61. The molecular weight excluding hydrogens is 294 g/mol. The van der Waals surface area contributed by atoms with Crippen molar-refractivity contribution >= 4 is 5.91 Å². The molecule has 4 N–H and O–H groups in total. The first-order valence-corrected chi connectivity index (χ1v) is 7.52. The molecule has 2 rings (SSSR count). The fourth-order valence-electron chi connectivity index (χ4n) is 2.42. The number of carbonyl (C=O) groups excluding carboxylic acids is 1. The maximum atomic E-state index is 12.0. The molecule has 0 aliphatic carbocycles. The van der Waals surface area contributed by atoms with E-state index in [0.29, 0.717) is 18.5 Å². The molecule has 1 unspecified atom stereocenters. The molecule has 0 bridgehead atoms. The Balaban J connectivity index is 1.81. The first kappa shape index (κ1) is 16.7. The van der Waals surface area contributed by atoms with Gasteiger partial charge in [0.25, 0.3) is 0 Å². The van der Waals surface area contributed by atoms with Crippen LogP contribution in [0.15, 0.2) is 42.5 Å². The molecule has 0 aliphatic heterocycles. The molecule has 0 fully saturated rings. The summed E-state index contributed by atoms with van der Waals surface area (Å²) in [6, 6.07) is 11.3. The number of hydrogen-bond acceptors (Lipinski definition) is 4. The third kappa shape index (κ3) is 4.92. The Labute approximate surface area is 135 Å². The van der Waals surface area contributed by atoms with E-state index in [1.807, 2.05) is 19.1 Å². The third-order valence-electron chi connectivity index (χ3n) is 3.71. The summed E-state index contributed by atoms with van der Waals surface area (Å²) in [6.45, 7) is 2.36. The summed E-state index contributed by atoms with van der Waals surface area (Å²) in [5.74, 6) is -0.0282. The molecule has 2 aromatic rings. The van der Waals surface area contributed by atoms with Gasteiger partial charge in [-0.3, -0.25) is 4.79 Å². The summed E-state index contributed by atoms with van der Waals surface area (Å²) in [6.07, 6.45) is 0.943. The van der Waals surface area contributed by atoms with Crippen molar-refractivity contribution in [3.63, 3.8) is 0 Å². The standard InChI is InChI=1S/C18H21NO4/c1-12(16-7-6-15(21)11-17(16)22)10-18(23)19-9-8-13-2-4-14(20)5-3-13/h2-7,11-12,20-22H,8-10H2,1H3,(H,19,23). The highest BCUT2D eigenvalue weighted by Crippen LogP contribution is 2.30. The van der Waals surface area contributed by atoms with Crippen molar-refractivity contribution in [2.24, 2.45) is 0 Å². The molecule has 0 saturated heterocycles. The number of hydrogen-bond donors (Lipinski definition) is 4. The minimum Gasteiger partial charge on any atom is -0.508 e. The summed E-state index contributed by atoms with van der Waals surface area (Å²) in [5, 5.41) is 31.2. The molecule has 5 heteroatoms. The Morgan fingerprint density at radius 3 is 2.35 bits per heavy atom. The SMILES string of the molecule is CC(CC(=O)NCCc1ccc(O)cc1)c1ccc(O)cc1O. The van der Waals surface area contributed by atoms with Crippen LogP contribution in [-0.4, -0.2) is 27.8 Å². The van der Waals surface area contributed by atoms with Gasteiger partial charge in [-0.15, -0.1) is 0 Å². The number of nitrogens with one attached hydrogen (secondary N) is 1. The van der Waals surface area contributed by atoms with Crippen LogP contribution >= 0.6 is 0 Å². The monoisotopic (exact) mass is 315 g/mol. The van der Waals surface area contributed by atoms with Crippen LogP contribution in [0.5, 0.6) is 17.2 Å². The molecule has 122 valence electrons. The van der Waals surface area contributed by atoms with Gasteiger partial charge in [0.05, 0.1) is 0 Å². The number of benzene rings is 2. The average Bonchev–Trinajstić information content (AvgIpc) is 2.49. The van der Waals surface area contributed by atoms with Gasteiger partial charge in [-0.25, -0.2) is 0 Å². The number of phenols is 3. The Morgan fingerprint density at radius 2 is 1.70 bits per heavy atom. The largest absolute Gasteiger partial charge is 0.508 e. The quantitative estimate of drug-likeness (QED) is 0.660. The van der Waals surface area contributed by atoms with E-state index in [4.69, 9.17) is 0 Å². The molecule has 0 spiro atoms. The lowest BCUT2D eigenvalue weighted by atomic mass is 9.96. The van der Waals surface area contributed by atoms with Gasteiger partial charge in [0.1, 0.15) is 17.2 Å². The van der Waals surface area contributed by atoms with E-state index < -0.39 is 0 Å². The number of rotatable bonds is 6. The van der Waals surface area contributed by atoms with Crippen molar-refractivity contribution < 1.29 is 20.1 Å². The molecule has 0 aromatic heterocycles. The molecule has 0 saturated carbocycles. The van der Waals surface area contributed by atoms with Crippen molar-refractivity contribution in [1.82, 2.24) is 5.32 Å². The Bertz CT molecular complexity index is 667. The van der Waals surface area contributed by atoms with Crippen LogP contribution in [0.2, 0.25) is 0 Å². The molecule has 0 aliphatic rings. The molecule has 0 heterocycles. The van der Waals surface area contributed by atoms with Crippen molar-refractivity contribution in [2.45, 2.75) is 25.7 Å². The zero-order valence-corrected chi connectivity index (χ0v) is 13.0. The molecule has 5 nitrogen and oxygen atoms in total. The number of phenolic OH excluding ortho intramolecular Hbond substituents is 3. The topological polar surface area (TPSA) is 89.8 Å². The number of carbonyl (C=O) groups is 1. The van der Waals surface area contributed by atoms with Crippen molar-refractivity contribution in [2.75, 3.05) is 6.54 Å². The third-order valence-corrected chi connectivity index (χ3v) is 3.71. The van der Waals surface area contributed by atoms with Crippen molar-refractivity contribution in [1.29, 1.82) is 0 Å². The van der Waals surface area contributed by atoms with E-state index in [2.05, 4.69) is 5.32 Å². The Kier molecular flexibility index (Phi) is 5.46. The van der Waals surface area contributed by atoms with Crippen LogP contribution in [0.25, 0.3) is 0 Å². The van der Waals surface area contributed by atoms with Gasteiger partial charge in [0.15, 0.2) is 0 Å². The minimum atomic E-state index is -0.149. The minimum absolute atomic E-state index is 0.00296. The zero-order valence-electron chi connectivity index (χ0n) is 13.0. The predicted octanol–water partition coefficient (Wildman–Crippen LogP) is 2.66. The van der Waals surface area contributed by atoms with Gasteiger partial charge in [0.2, 0.25) is 5.91 Å². The van der Waals surface area contributed by atoms with Crippen molar-refractivity contribution in [3.8, 4) is 17.2 Å². The molecule has 1 amide bonds. The second kappa shape index (κ2) is 7.54. The lowest BCUT2D eigenvalue weighted by molar-refractivity contribution is -0.121. The fraction of sp³-hybridized carbons (Fsp3) is 0.278. The molecule has 2 aromatic carbocycles. The summed E-state index contributed by atoms with van der Waals surface area (Å²) >= 11 is 0. The molecule has 0 radical (unpaired) electrons. The Morgan fingerprint density at radius 1 is 1.04 bits per heavy atom. The smallest absolute Gasteiger partial charge is 0.220 e. The zero-order chi connectivity index (χ0) is 16.8. The highest BCUT2D eigenvalue weighted by Gasteiger charge is 2.14. The number of aromatic hydroxyl groups is 3. The highest BCUT2D eigenvalue weighted by molar-refractivity contribution is 5.77. The molecule has 23 heavy (non-hydrogen) atoms. The van der Waals surface area contributed by atoms with Crippen LogP contribution in [0, 0.1) is 0 Å². The van der Waals surface area contributed by atoms with Gasteiger partial charge in [-0.05, 0) is 41.7 Å². The lowest BCUT2D eigenvalue weighted by Crippen LogP contribution is -2.26. The van der Waals surface area contributed by atoms with E-state index in [1.54, 1.807) is 18.2 Å². The van der Waals surface area contributed by atoms with E-state index in [0.717, 1.165) is 5.56 Å². The highest BCUT2D eigenvalue weighted by atomic mass is 16.3. The molecule has 1 atom stereocenters. The van der Waals surface area contributed by atoms with Crippen LogP contribution in [0.3, 0.4) is 0 Å². The summed E-state index contributed by atoms with van der Waals surface area (Å²) < 4.78 is 0. The maximum absolute atomic E-state index is 12.0. The first-order valence-electron chi connectivity index (χ1n) is 7.52. The van der Waals surface area contributed by atoms with Crippen LogP contribution in [0.1, 0.15) is 30.4 Å². The normalized spacial score (nSPS) is 11.9. The Hall–Kier alpha value is -2.69. The first-order chi connectivity index (χ1) is 11.0. The second-order valence-electron chi connectivity index (χ2n) is 5.61. The van der Waals surface area contributed by atoms with Crippen molar-refractivity contribution in [3.05, 3.63) is 53.6 Å². The van der Waals surface area contributed by atoms with E-state index in [-0.39, 0.29) is 35.5 Å². The fourth-order valence-corrected chi connectivity index (χ4v) is 2.42. The summed E-state index contributed by atoms with van der Waals surface area (Å²) in [4.78, 5) is 12.0. The van der Waals surface area contributed by atoms with E-state index >= 15 is 0 Å². The van der Waals surface area contributed by atoms with Gasteiger partial charge >= 0.3 is 0 Å². The lowest BCUT2D eigenvalue weighted by Gasteiger charge is -2.14. The van der Waals surface area contributed by atoms with E-state index in [1.165, 1.54) is 12.1 Å². The van der Waals surface area contributed by atoms with Crippen LogP contribution in [-0.2, 0) is 11.2 Å². The summed E-state index contributed by atoms with van der Waals surface area (Å²) in [5.41, 5.74) is 1.67. The van der Waals surface area contributed by atoms with Gasteiger partial charge in [-0.1, -0.05) is 25.1 Å². The van der Waals surface area contributed by atoms with Gasteiger partial charge in [-0.2, -0.15) is 0 Å². The van der Waals surface area contributed by atoms with Gasteiger partial charge in [0, 0.05) is 19.0 Å². The van der Waals surface area contributed by atoms with Gasteiger partial charge < -0.3 is 20.6 Å². The van der Waals surface area contributed by atoms with Crippen LogP contribution in [0.4, 0.5) is 0 Å². The number of amides is 1. The van der Waals surface area contributed by atoms with E-state index in [9.17, 15) is 20.1 Å². The van der Waals surface area contributed by atoms with Crippen LogP contribution < -0.4 is 5.32 Å². The predicted molar refractivity (Wildman–Crippen MR) is 87.6 cm³/mol. The maximum Gasteiger partial charge on any atom is 0.220 e. The molecular formula is C18H21NO4. The summed E-state index contributed by atoms with van der Waals surface area (Å²) in [7, 11) is 0.